The van der Waals surface area contributed by atoms with Crippen LogP contribution in [0.2, 0.25) is 0 Å². The molecule has 0 aromatic heterocycles. The van der Waals surface area contributed by atoms with Gasteiger partial charge in [-0.15, -0.1) is 0 Å². The summed E-state index contributed by atoms with van der Waals surface area (Å²) < 4.78 is 161. The maximum atomic E-state index is 14.3. The minimum absolute atomic E-state index is 0.285. The number of hydrogen-bond acceptors (Lipinski definition) is 9. The fourth-order valence-corrected chi connectivity index (χ4v) is 4.50. The van der Waals surface area contributed by atoms with Gasteiger partial charge in [0.1, 0.15) is 24.4 Å². The van der Waals surface area contributed by atoms with Crippen LogP contribution in [0.25, 0.3) is 0 Å². The van der Waals surface area contributed by atoms with Gasteiger partial charge in [0, 0.05) is 22.6 Å². The highest BCUT2D eigenvalue weighted by molar-refractivity contribution is 14.1. The van der Waals surface area contributed by atoms with Crippen LogP contribution in [0.15, 0.2) is 0 Å². The Kier molecular flexibility index (Phi) is 7.29. The van der Waals surface area contributed by atoms with Crippen LogP contribution in [0.1, 0.15) is 27.7 Å². The van der Waals surface area contributed by atoms with Crippen LogP contribution in [-0.4, -0.2) is 78.7 Å². The first-order valence-electron chi connectivity index (χ1n) is 9.57. The molecule has 0 aromatic rings. The van der Waals surface area contributed by atoms with Crippen LogP contribution in [0.5, 0.6) is 0 Å². The molecule has 206 valence electrons. The molecule has 0 bridgehead atoms. The van der Waals surface area contributed by atoms with Gasteiger partial charge >= 0.3 is 31.5 Å². The lowest BCUT2D eigenvalue weighted by molar-refractivity contribution is -0.439. The second-order valence-electron chi connectivity index (χ2n) is 8.60. The molecule has 5 atom stereocenters. The molecule has 0 saturated carbocycles. The Hall–Kier alpha value is -0.160. The zero-order chi connectivity index (χ0) is 27.0. The minimum atomic E-state index is -6.89. The highest BCUT2D eigenvalue weighted by Gasteiger charge is 2.75. The molecule has 9 nitrogen and oxygen atoms in total. The van der Waals surface area contributed by atoms with Crippen molar-refractivity contribution < 1.29 is 76.1 Å². The largest absolute Gasteiger partial charge is 0.460 e. The number of fused-ring (bicyclic) bond motifs is 1. The molecule has 0 amide bonds. The fourth-order valence-electron chi connectivity index (χ4n) is 3.42. The Morgan fingerprint density at radius 1 is 0.857 bits per heavy atom. The molecular weight excluding hydrogens is 647 g/mol. The Morgan fingerprint density at radius 2 is 1.43 bits per heavy atom. The van der Waals surface area contributed by atoms with Gasteiger partial charge in [-0.05, 0) is 27.7 Å². The van der Waals surface area contributed by atoms with E-state index in [2.05, 4.69) is 8.92 Å². The van der Waals surface area contributed by atoms with Crippen LogP contribution in [0.3, 0.4) is 0 Å². The molecule has 0 spiro atoms. The average molecular weight is 666 g/mol. The lowest BCUT2D eigenvalue weighted by Gasteiger charge is -2.32. The quantitative estimate of drug-likeness (QED) is 0.167. The third-order valence-corrected chi connectivity index (χ3v) is 6.87. The molecule has 0 N–H and O–H groups in total. The standard InChI is InChI=1S/C16H19F8IO9S/c1-11(2)28-5-6(30-11)7-8(9-10(29-7)32-12(3,4)31-9)33-35(26,27)16(23,24)15(21,22)34-14(19,20)13(17,18)25/h6-10H,5H2,1-4H3/t6-,7-,8-,9-,10-/m1/s1. The molecule has 3 saturated heterocycles. The zero-order valence-corrected chi connectivity index (χ0v) is 21.1. The van der Waals surface area contributed by atoms with Crippen molar-refractivity contribution in [3.63, 3.8) is 0 Å². The predicted octanol–water partition coefficient (Wildman–Crippen LogP) is 3.55. The van der Waals surface area contributed by atoms with Crippen molar-refractivity contribution >= 4 is 32.7 Å². The van der Waals surface area contributed by atoms with Crippen LogP contribution in [0.4, 0.5) is 35.1 Å². The molecule has 3 fully saturated rings. The van der Waals surface area contributed by atoms with Gasteiger partial charge in [0.25, 0.3) is 0 Å². The third-order valence-electron chi connectivity index (χ3n) is 4.90. The number of ether oxygens (including phenoxy) is 6. The topological polar surface area (TPSA) is 98.8 Å². The van der Waals surface area contributed by atoms with Crippen molar-refractivity contribution in [2.45, 2.75) is 91.4 Å². The summed E-state index contributed by atoms with van der Waals surface area (Å²) in [6.45, 7) is 5.26. The van der Waals surface area contributed by atoms with Gasteiger partial charge in [-0.1, -0.05) is 0 Å². The van der Waals surface area contributed by atoms with Crippen LogP contribution in [-0.2, 0) is 42.7 Å². The molecular formula is C16H19F8IO9S. The number of rotatable bonds is 8. The molecule has 19 heteroatoms. The van der Waals surface area contributed by atoms with Crippen LogP contribution >= 0.6 is 22.6 Å². The molecule has 0 aliphatic carbocycles. The highest BCUT2D eigenvalue weighted by atomic mass is 127. The van der Waals surface area contributed by atoms with E-state index in [1.54, 1.807) is 0 Å². The van der Waals surface area contributed by atoms with Gasteiger partial charge in [-0.2, -0.15) is 43.5 Å². The van der Waals surface area contributed by atoms with Gasteiger partial charge in [0.15, 0.2) is 17.9 Å². The van der Waals surface area contributed by atoms with Crippen molar-refractivity contribution in [3.05, 3.63) is 0 Å². The van der Waals surface area contributed by atoms with E-state index in [1.165, 1.54) is 27.7 Å². The second kappa shape index (κ2) is 8.68. The van der Waals surface area contributed by atoms with E-state index < -0.39 is 73.8 Å². The van der Waals surface area contributed by atoms with E-state index in [0.717, 1.165) is 0 Å². The highest BCUT2D eigenvalue weighted by Crippen LogP contribution is 2.50. The van der Waals surface area contributed by atoms with E-state index in [9.17, 15) is 43.5 Å². The monoisotopic (exact) mass is 666 g/mol. The number of alkyl halides is 9. The van der Waals surface area contributed by atoms with Crippen LogP contribution in [0, 0.1) is 0 Å². The molecule has 0 radical (unpaired) electrons. The minimum Gasteiger partial charge on any atom is -0.348 e. The molecule has 0 aromatic carbocycles. The summed E-state index contributed by atoms with van der Waals surface area (Å²) >= 11 is -0.345. The number of halogens is 9. The summed E-state index contributed by atoms with van der Waals surface area (Å²) in [5, 5.41) is -6.57. The fraction of sp³-hybridized carbons (Fsp3) is 1.00. The first-order valence-corrected chi connectivity index (χ1v) is 12.1. The maximum absolute atomic E-state index is 14.3. The van der Waals surface area contributed by atoms with E-state index in [1.807, 2.05) is 0 Å². The van der Waals surface area contributed by atoms with Crippen molar-refractivity contribution in [2.75, 3.05) is 6.61 Å². The first kappa shape index (κ1) is 29.4. The summed E-state index contributed by atoms with van der Waals surface area (Å²) in [6.07, 6.45) is -20.8. The molecule has 3 aliphatic rings. The van der Waals surface area contributed by atoms with E-state index in [0.29, 0.717) is 0 Å². The Bertz CT molecular complexity index is 926. The molecule has 0 unspecified atom stereocenters. The van der Waals surface area contributed by atoms with Gasteiger partial charge in [0.2, 0.25) is 0 Å². The van der Waals surface area contributed by atoms with Crippen molar-refractivity contribution in [1.82, 2.24) is 0 Å². The van der Waals surface area contributed by atoms with Crippen molar-refractivity contribution in [1.29, 1.82) is 0 Å². The van der Waals surface area contributed by atoms with Gasteiger partial charge in [-0.25, -0.2) is 4.74 Å². The Labute approximate surface area is 206 Å². The van der Waals surface area contributed by atoms with Crippen molar-refractivity contribution in [2.24, 2.45) is 0 Å². The van der Waals surface area contributed by atoms with Gasteiger partial charge < -0.3 is 23.7 Å². The normalized spacial score (nSPS) is 33.8. The summed E-state index contributed by atoms with van der Waals surface area (Å²) in [4.78, 5) is 0. The number of hydrogen-bond donors (Lipinski definition) is 0. The molecule has 3 heterocycles. The van der Waals surface area contributed by atoms with E-state index in [4.69, 9.17) is 23.7 Å². The zero-order valence-electron chi connectivity index (χ0n) is 18.1. The maximum Gasteiger partial charge on any atom is 0.460 e. The van der Waals surface area contributed by atoms with E-state index in [-0.39, 0.29) is 29.2 Å². The predicted molar refractivity (Wildman–Crippen MR) is 102 cm³/mol. The summed E-state index contributed by atoms with van der Waals surface area (Å²) in [7, 11) is -6.89. The molecule has 3 aliphatic heterocycles. The summed E-state index contributed by atoms with van der Waals surface area (Å²) in [5.74, 6) is -2.70. The Balaban J connectivity index is 1.90. The SMILES string of the molecule is CC1(C)O[C@H]2O[C@H]([C@H]3COC(C)(C)O3)[C@@H](OS(=O)(=O)C(F)(F)C(F)(F)OC(F)(F)C(F)(F)I)[C@H]2O1. The lowest BCUT2D eigenvalue weighted by atomic mass is 10.1. The summed E-state index contributed by atoms with van der Waals surface area (Å²) in [6, 6.07) is 0. The molecule has 3 rings (SSSR count). The van der Waals surface area contributed by atoms with Crippen molar-refractivity contribution in [3.8, 4) is 0 Å². The lowest BCUT2D eigenvalue weighted by Crippen LogP contribution is -2.56. The smallest absolute Gasteiger partial charge is 0.348 e. The second-order valence-corrected chi connectivity index (χ2v) is 11.6. The molecule has 35 heavy (non-hydrogen) atoms. The Morgan fingerprint density at radius 3 is 1.91 bits per heavy atom. The van der Waals surface area contributed by atoms with Crippen LogP contribution < -0.4 is 0 Å². The van der Waals surface area contributed by atoms with Gasteiger partial charge in [-0.3, -0.25) is 4.18 Å². The first-order chi connectivity index (χ1) is 15.4. The third kappa shape index (κ3) is 5.52. The summed E-state index contributed by atoms with van der Waals surface area (Å²) in [5.41, 5.74) is 0. The average Bonchev–Trinajstić information content (AvgIpc) is 3.22. The van der Waals surface area contributed by atoms with E-state index >= 15 is 0 Å². The van der Waals surface area contributed by atoms with Gasteiger partial charge in [0.05, 0.1) is 6.61 Å².